The normalized spacial score (nSPS) is 19.1. The Kier molecular flexibility index (Phi) is 3.03. The summed E-state index contributed by atoms with van der Waals surface area (Å²) in [7, 11) is 0. The molecule has 1 aliphatic carbocycles. The molecule has 4 aromatic rings. The summed E-state index contributed by atoms with van der Waals surface area (Å²) in [6.07, 6.45) is 4.58. The minimum absolute atomic E-state index is 0.289. The molecular formula is C18H15FN6O. The van der Waals surface area contributed by atoms with Gasteiger partial charge < -0.3 is 16.0 Å². The number of anilines is 2. The van der Waals surface area contributed by atoms with Gasteiger partial charge in [0.15, 0.2) is 5.82 Å². The fourth-order valence-corrected chi connectivity index (χ4v) is 3.14. The van der Waals surface area contributed by atoms with E-state index < -0.39 is 12.1 Å². The molecule has 4 heterocycles. The molecule has 0 aliphatic heterocycles. The van der Waals surface area contributed by atoms with E-state index in [0.29, 0.717) is 11.5 Å². The number of halogens is 1. The van der Waals surface area contributed by atoms with Crippen LogP contribution in [0.15, 0.2) is 42.9 Å². The van der Waals surface area contributed by atoms with Crippen molar-refractivity contribution < 1.29 is 9.18 Å². The average Bonchev–Trinajstić information content (AvgIpc) is 3.03. The Balaban J connectivity index is 1.50. The highest BCUT2D eigenvalue weighted by atomic mass is 19.1. The molecule has 0 aromatic carbocycles. The molecule has 8 heteroatoms. The lowest BCUT2D eigenvalue weighted by atomic mass is 10.1. The Bertz CT molecular complexity index is 1160. The molecule has 1 saturated carbocycles. The molecule has 26 heavy (non-hydrogen) atoms. The number of alkyl halides is 1. The topological polar surface area (TPSA) is 101 Å². The number of rotatable bonds is 3. The van der Waals surface area contributed by atoms with Gasteiger partial charge in [-0.3, -0.25) is 4.79 Å². The van der Waals surface area contributed by atoms with Crippen molar-refractivity contribution in [3.05, 3.63) is 42.9 Å². The molecule has 0 spiro atoms. The SMILES string of the molecule is Nc1c(-c2ccn3nc(NC(=O)C4CC4F)cc3c2)cnc2[nH]ccc12. The predicted octanol–water partition coefficient (Wildman–Crippen LogP) is 2.76. The van der Waals surface area contributed by atoms with Crippen molar-refractivity contribution in [1.29, 1.82) is 0 Å². The van der Waals surface area contributed by atoms with Crippen molar-refractivity contribution in [3.8, 4) is 11.1 Å². The number of carbonyl (C=O) groups excluding carboxylic acids is 1. The summed E-state index contributed by atoms with van der Waals surface area (Å²) < 4.78 is 14.6. The van der Waals surface area contributed by atoms with Gasteiger partial charge in [-0.05, 0) is 30.2 Å². The third-order valence-electron chi connectivity index (χ3n) is 4.70. The second kappa shape index (κ2) is 5.29. The minimum atomic E-state index is -1.03. The first-order chi connectivity index (χ1) is 12.6. The number of carbonyl (C=O) groups is 1. The number of fused-ring (bicyclic) bond motifs is 2. The van der Waals surface area contributed by atoms with E-state index in [1.54, 1.807) is 29.2 Å². The summed E-state index contributed by atoms with van der Waals surface area (Å²) in [5.74, 6) is -0.472. The largest absolute Gasteiger partial charge is 0.398 e. The van der Waals surface area contributed by atoms with Gasteiger partial charge in [0.05, 0.1) is 17.1 Å². The molecule has 2 unspecified atom stereocenters. The van der Waals surface area contributed by atoms with Crippen molar-refractivity contribution in [2.45, 2.75) is 12.6 Å². The molecule has 0 saturated heterocycles. The van der Waals surface area contributed by atoms with Gasteiger partial charge in [0.25, 0.3) is 0 Å². The Morgan fingerprint density at radius 1 is 1.38 bits per heavy atom. The zero-order valence-corrected chi connectivity index (χ0v) is 13.6. The Labute approximate surface area is 147 Å². The van der Waals surface area contributed by atoms with Gasteiger partial charge in [-0.2, -0.15) is 5.10 Å². The van der Waals surface area contributed by atoms with Crippen LogP contribution in [-0.4, -0.2) is 31.7 Å². The highest BCUT2D eigenvalue weighted by Crippen LogP contribution is 2.35. The number of amides is 1. The van der Waals surface area contributed by atoms with Crippen molar-refractivity contribution in [1.82, 2.24) is 19.6 Å². The summed E-state index contributed by atoms with van der Waals surface area (Å²) >= 11 is 0. The van der Waals surface area contributed by atoms with Crippen molar-refractivity contribution in [2.24, 2.45) is 5.92 Å². The number of nitrogens with two attached hydrogens (primary N) is 1. The number of pyridine rings is 2. The number of nitrogens with zero attached hydrogens (tertiary/aromatic N) is 3. The average molecular weight is 350 g/mol. The number of aromatic amines is 1. The van der Waals surface area contributed by atoms with Crippen LogP contribution in [-0.2, 0) is 4.79 Å². The summed E-state index contributed by atoms with van der Waals surface area (Å²) in [6, 6.07) is 7.44. The monoisotopic (exact) mass is 350 g/mol. The maximum atomic E-state index is 13.0. The van der Waals surface area contributed by atoms with Crippen LogP contribution >= 0.6 is 0 Å². The third kappa shape index (κ3) is 2.30. The first kappa shape index (κ1) is 14.9. The molecule has 7 nitrogen and oxygen atoms in total. The van der Waals surface area contributed by atoms with Crippen LogP contribution in [0.25, 0.3) is 27.7 Å². The maximum absolute atomic E-state index is 13.0. The summed E-state index contributed by atoms with van der Waals surface area (Å²) in [6.45, 7) is 0. The van der Waals surface area contributed by atoms with Crippen LogP contribution in [0.2, 0.25) is 0 Å². The first-order valence-electron chi connectivity index (χ1n) is 8.26. The second-order valence-electron chi connectivity index (χ2n) is 6.49. The van der Waals surface area contributed by atoms with Gasteiger partial charge in [-0.25, -0.2) is 13.9 Å². The number of nitrogen functional groups attached to an aromatic ring is 1. The van der Waals surface area contributed by atoms with E-state index in [1.165, 1.54) is 0 Å². The highest BCUT2D eigenvalue weighted by molar-refractivity contribution is 5.97. The van der Waals surface area contributed by atoms with Gasteiger partial charge >= 0.3 is 0 Å². The molecule has 1 fully saturated rings. The third-order valence-corrected chi connectivity index (χ3v) is 4.70. The Hall–Kier alpha value is -3.42. The van der Waals surface area contributed by atoms with E-state index in [-0.39, 0.29) is 12.3 Å². The molecule has 130 valence electrons. The van der Waals surface area contributed by atoms with Gasteiger partial charge in [0.2, 0.25) is 5.91 Å². The lowest BCUT2D eigenvalue weighted by Gasteiger charge is -2.07. The van der Waals surface area contributed by atoms with Crippen molar-refractivity contribution in [2.75, 3.05) is 11.1 Å². The van der Waals surface area contributed by atoms with Crippen LogP contribution in [0.3, 0.4) is 0 Å². The summed E-state index contributed by atoms with van der Waals surface area (Å²) in [5.41, 5.74) is 10.2. The minimum Gasteiger partial charge on any atom is -0.398 e. The smallest absolute Gasteiger partial charge is 0.231 e. The molecule has 1 aliphatic rings. The number of nitrogens with one attached hydrogen (secondary N) is 2. The molecule has 0 bridgehead atoms. The molecule has 1 amide bonds. The van der Waals surface area contributed by atoms with Gasteiger partial charge in [-0.1, -0.05) is 0 Å². The molecule has 4 N–H and O–H groups in total. The second-order valence-corrected chi connectivity index (χ2v) is 6.49. The zero-order chi connectivity index (χ0) is 17.8. The van der Waals surface area contributed by atoms with E-state index in [1.807, 2.05) is 18.2 Å². The molecule has 4 aromatic heterocycles. The predicted molar refractivity (Wildman–Crippen MR) is 96.3 cm³/mol. The van der Waals surface area contributed by atoms with Crippen LogP contribution in [0.5, 0.6) is 0 Å². The maximum Gasteiger partial charge on any atom is 0.231 e. The molecule has 2 atom stereocenters. The summed E-state index contributed by atoms with van der Waals surface area (Å²) in [4.78, 5) is 19.3. The number of aromatic nitrogens is 4. The van der Waals surface area contributed by atoms with Crippen LogP contribution in [0, 0.1) is 5.92 Å². The van der Waals surface area contributed by atoms with Gasteiger partial charge in [-0.15, -0.1) is 0 Å². The molecular weight excluding hydrogens is 335 g/mol. The Morgan fingerprint density at radius 2 is 2.23 bits per heavy atom. The highest BCUT2D eigenvalue weighted by Gasteiger charge is 2.43. The van der Waals surface area contributed by atoms with E-state index in [9.17, 15) is 9.18 Å². The number of H-pyrrole nitrogens is 1. The quantitative estimate of drug-likeness (QED) is 0.529. The van der Waals surface area contributed by atoms with Crippen LogP contribution in [0.1, 0.15) is 6.42 Å². The summed E-state index contributed by atoms with van der Waals surface area (Å²) in [5, 5.41) is 7.83. The first-order valence-corrected chi connectivity index (χ1v) is 8.26. The van der Waals surface area contributed by atoms with E-state index in [4.69, 9.17) is 5.73 Å². The lowest BCUT2D eigenvalue weighted by molar-refractivity contribution is -0.117. The van der Waals surface area contributed by atoms with Crippen LogP contribution < -0.4 is 11.1 Å². The van der Waals surface area contributed by atoms with E-state index >= 15 is 0 Å². The van der Waals surface area contributed by atoms with Gasteiger partial charge in [0.1, 0.15) is 11.8 Å². The lowest BCUT2D eigenvalue weighted by Crippen LogP contribution is -2.15. The van der Waals surface area contributed by atoms with Crippen molar-refractivity contribution >= 4 is 34.0 Å². The molecule has 0 radical (unpaired) electrons. The number of hydrogen-bond acceptors (Lipinski definition) is 4. The number of hydrogen-bond donors (Lipinski definition) is 3. The zero-order valence-electron chi connectivity index (χ0n) is 13.6. The van der Waals surface area contributed by atoms with E-state index in [0.717, 1.165) is 27.7 Å². The fourth-order valence-electron chi connectivity index (χ4n) is 3.14. The Morgan fingerprint density at radius 3 is 3.04 bits per heavy atom. The van der Waals surface area contributed by atoms with Crippen molar-refractivity contribution in [3.63, 3.8) is 0 Å². The van der Waals surface area contributed by atoms with Gasteiger partial charge in [0, 0.05) is 35.6 Å². The molecule has 5 rings (SSSR count). The fraction of sp³-hybridized carbons (Fsp3) is 0.167. The van der Waals surface area contributed by atoms with E-state index in [2.05, 4.69) is 20.4 Å². The standard InChI is InChI=1S/C18H15FN6O/c19-14-7-12(14)18(26)23-15-6-10-5-9(2-4-25(10)24-15)13-8-22-17-11(16(13)20)1-3-21-17/h1-6,8,12,14H,7H2,(H3,20,21,22)(H,23,24,26). The van der Waals surface area contributed by atoms with Crippen LogP contribution in [0.4, 0.5) is 15.9 Å².